The van der Waals surface area contributed by atoms with E-state index in [1.165, 1.54) is 18.3 Å². The first kappa shape index (κ1) is 14.6. The predicted octanol–water partition coefficient (Wildman–Crippen LogP) is 0.855. The van der Waals surface area contributed by atoms with Crippen molar-refractivity contribution in [2.24, 2.45) is 5.92 Å². The molecule has 6 nitrogen and oxygen atoms in total. The average molecular weight is 272 g/mol. The van der Waals surface area contributed by atoms with Crippen LogP contribution in [0.4, 0.5) is 0 Å². The lowest BCUT2D eigenvalue weighted by molar-refractivity contribution is 0.0690. The fraction of sp³-hybridized carbons (Fsp3) is 0.455. The van der Waals surface area contributed by atoms with E-state index in [-0.39, 0.29) is 23.9 Å². The van der Waals surface area contributed by atoms with Crippen LogP contribution in [0.5, 0.6) is 0 Å². The standard InChI is InChI=1S/C11H16N2O4S/c1-8(2)7-18(16,17)13-6-9-3-4-10(11(14)15)12-5-9/h3-5,8,13H,6-7H2,1-2H3,(H,14,15). The summed E-state index contributed by atoms with van der Waals surface area (Å²) < 4.78 is 25.6. The topological polar surface area (TPSA) is 96.4 Å². The highest BCUT2D eigenvalue weighted by molar-refractivity contribution is 7.89. The summed E-state index contributed by atoms with van der Waals surface area (Å²) in [5.41, 5.74) is 0.552. The highest BCUT2D eigenvalue weighted by atomic mass is 32.2. The Morgan fingerprint density at radius 1 is 1.44 bits per heavy atom. The van der Waals surface area contributed by atoms with Gasteiger partial charge < -0.3 is 5.11 Å². The Morgan fingerprint density at radius 3 is 2.56 bits per heavy atom. The molecule has 18 heavy (non-hydrogen) atoms. The number of carbonyl (C=O) groups is 1. The van der Waals surface area contributed by atoms with Crippen LogP contribution in [0.1, 0.15) is 29.9 Å². The normalized spacial score (nSPS) is 11.7. The Bertz CT molecular complexity index is 508. The van der Waals surface area contributed by atoms with Crippen LogP contribution in [0.2, 0.25) is 0 Å². The SMILES string of the molecule is CC(C)CS(=O)(=O)NCc1ccc(C(=O)O)nc1. The van der Waals surface area contributed by atoms with E-state index >= 15 is 0 Å². The first-order valence-corrected chi connectivity index (χ1v) is 7.11. The second-order valence-corrected chi connectivity index (χ2v) is 6.20. The van der Waals surface area contributed by atoms with E-state index in [9.17, 15) is 13.2 Å². The zero-order valence-electron chi connectivity index (χ0n) is 10.3. The van der Waals surface area contributed by atoms with Crippen molar-refractivity contribution in [3.63, 3.8) is 0 Å². The number of nitrogens with zero attached hydrogens (tertiary/aromatic N) is 1. The molecule has 0 aliphatic heterocycles. The molecule has 0 aromatic carbocycles. The maximum Gasteiger partial charge on any atom is 0.354 e. The molecule has 1 heterocycles. The molecule has 0 unspecified atom stereocenters. The molecular formula is C11H16N2O4S. The Balaban J connectivity index is 2.61. The molecule has 1 rings (SSSR count). The van der Waals surface area contributed by atoms with Gasteiger partial charge in [-0.1, -0.05) is 19.9 Å². The molecule has 0 saturated carbocycles. The highest BCUT2D eigenvalue weighted by Gasteiger charge is 2.12. The zero-order chi connectivity index (χ0) is 13.8. The van der Waals surface area contributed by atoms with Crippen LogP contribution in [-0.4, -0.2) is 30.2 Å². The lowest BCUT2D eigenvalue weighted by Crippen LogP contribution is -2.28. The van der Waals surface area contributed by atoms with Crippen LogP contribution in [0.15, 0.2) is 18.3 Å². The molecule has 0 bridgehead atoms. The van der Waals surface area contributed by atoms with Crippen LogP contribution in [-0.2, 0) is 16.6 Å². The van der Waals surface area contributed by atoms with Crippen molar-refractivity contribution in [1.29, 1.82) is 0 Å². The number of rotatable bonds is 6. The highest BCUT2D eigenvalue weighted by Crippen LogP contribution is 2.03. The molecule has 0 saturated heterocycles. The minimum Gasteiger partial charge on any atom is -0.477 e. The summed E-state index contributed by atoms with van der Waals surface area (Å²) in [6.45, 7) is 3.76. The lowest BCUT2D eigenvalue weighted by Gasteiger charge is -2.08. The van der Waals surface area contributed by atoms with Crippen LogP contribution in [0.3, 0.4) is 0 Å². The molecule has 1 aromatic rings. The molecule has 0 spiro atoms. The van der Waals surface area contributed by atoms with E-state index in [1.807, 2.05) is 13.8 Å². The fourth-order valence-electron chi connectivity index (χ4n) is 1.35. The van der Waals surface area contributed by atoms with Gasteiger partial charge in [-0.2, -0.15) is 0 Å². The third-order valence-corrected chi connectivity index (χ3v) is 3.78. The van der Waals surface area contributed by atoms with Crippen molar-refractivity contribution in [2.45, 2.75) is 20.4 Å². The molecule has 0 atom stereocenters. The van der Waals surface area contributed by atoms with E-state index in [4.69, 9.17) is 5.11 Å². The van der Waals surface area contributed by atoms with Crippen LogP contribution < -0.4 is 4.72 Å². The maximum absolute atomic E-state index is 11.6. The Kier molecular flexibility index (Phi) is 4.80. The van der Waals surface area contributed by atoms with Crippen molar-refractivity contribution in [3.8, 4) is 0 Å². The molecule has 0 aliphatic carbocycles. The summed E-state index contributed by atoms with van der Waals surface area (Å²) in [5, 5.41) is 8.66. The van der Waals surface area contributed by atoms with Gasteiger partial charge >= 0.3 is 5.97 Å². The molecule has 1 aromatic heterocycles. The largest absolute Gasteiger partial charge is 0.477 e. The average Bonchev–Trinajstić information content (AvgIpc) is 2.25. The number of nitrogens with one attached hydrogen (secondary N) is 1. The van der Waals surface area contributed by atoms with Gasteiger partial charge in [0.1, 0.15) is 5.69 Å². The summed E-state index contributed by atoms with van der Waals surface area (Å²) in [6, 6.07) is 2.88. The van der Waals surface area contributed by atoms with Gasteiger partial charge in [0.2, 0.25) is 10.0 Å². The third kappa shape index (κ3) is 4.80. The zero-order valence-corrected chi connectivity index (χ0v) is 11.1. The monoisotopic (exact) mass is 272 g/mol. The number of carboxylic acid groups (broad SMARTS) is 1. The van der Waals surface area contributed by atoms with E-state index in [0.29, 0.717) is 5.56 Å². The van der Waals surface area contributed by atoms with Crippen LogP contribution in [0.25, 0.3) is 0 Å². The number of sulfonamides is 1. The third-order valence-electron chi connectivity index (χ3n) is 2.09. The lowest BCUT2D eigenvalue weighted by atomic mass is 10.2. The number of aromatic carboxylic acids is 1. The van der Waals surface area contributed by atoms with E-state index in [0.717, 1.165) is 0 Å². The van der Waals surface area contributed by atoms with Crippen molar-refractivity contribution in [2.75, 3.05) is 5.75 Å². The van der Waals surface area contributed by atoms with E-state index < -0.39 is 16.0 Å². The van der Waals surface area contributed by atoms with Gasteiger partial charge in [-0.15, -0.1) is 0 Å². The van der Waals surface area contributed by atoms with Gasteiger partial charge in [0, 0.05) is 12.7 Å². The van der Waals surface area contributed by atoms with Crippen molar-refractivity contribution in [1.82, 2.24) is 9.71 Å². The van der Waals surface area contributed by atoms with Gasteiger partial charge in [-0.25, -0.2) is 22.9 Å². The second-order valence-electron chi connectivity index (χ2n) is 4.35. The number of hydrogen-bond acceptors (Lipinski definition) is 4. The minimum atomic E-state index is -3.30. The Morgan fingerprint density at radius 2 is 2.11 bits per heavy atom. The summed E-state index contributed by atoms with van der Waals surface area (Å²) >= 11 is 0. The minimum absolute atomic E-state index is 0.0509. The quantitative estimate of drug-likeness (QED) is 0.800. The summed E-state index contributed by atoms with van der Waals surface area (Å²) in [7, 11) is -3.30. The van der Waals surface area contributed by atoms with Gasteiger partial charge in [0.05, 0.1) is 5.75 Å². The second kappa shape index (κ2) is 5.92. The van der Waals surface area contributed by atoms with E-state index in [2.05, 4.69) is 9.71 Å². The van der Waals surface area contributed by atoms with Crippen molar-refractivity contribution < 1.29 is 18.3 Å². The smallest absolute Gasteiger partial charge is 0.354 e. The van der Waals surface area contributed by atoms with Crippen LogP contribution >= 0.6 is 0 Å². The van der Waals surface area contributed by atoms with Gasteiger partial charge in [-0.05, 0) is 17.5 Å². The van der Waals surface area contributed by atoms with Gasteiger partial charge in [0.15, 0.2) is 0 Å². The Hall–Kier alpha value is -1.47. The molecule has 0 fully saturated rings. The maximum atomic E-state index is 11.6. The first-order chi connectivity index (χ1) is 8.30. The van der Waals surface area contributed by atoms with Crippen LogP contribution in [0, 0.1) is 5.92 Å². The van der Waals surface area contributed by atoms with Crippen molar-refractivity contribution >= 4 is 16.0 Å². The van der Waals surface area contributed by atoms with Crippen molar-refractivity contribution in [3.05, 3.63) is 29.6 Å². The Labute approximate surface area is 106 Å². The molecule has 100 valence electrons. The fourth-order valence-corrected chi connectivity index (χ4v) is 2.73. The number of pyridine rings is 1. The van der Waals surface area contributed by atoms with E-state index in [1.54, 1.807) is 0 Å². The summed E-state index contributed by atoms with van der Waals surface area (Å²) in [4.78, 5) is 14.3. The van der Waals surface area contributed by atoms with Gasteiger partial charge in [0.25, 0.3) is 0 Å². The number of carboxylic acids is 1. The molecule has 0 amide bonds. The molecule has 7 heteroatoms. The summed E-state index contributed by atoms with van der Waals surface area (Å²) in [5.74, 6) is -0.995. The molecular weight excluding hydrogens is 256 g/mol. The van der Waals surface area contributed by atoms with Gasteiger partial charge in [-0.3, -0.25) is 0 Å². The predicted molar refractivity (Wildman–Crippen MR) is 66.7 cm³/mol. The number of aromatic nitrogens is 1. The number of hydrogen-bond donors (Lipinski definition) is 2. The molecule has 2 N–H and O–H groups in total. The first-order valence-electron chi connectivity index (χ1n) is 5.46. The molecule has 0 radical (unpaired) electrons. The summed E-state index contributed by atoms with van der Waals surface area (Å²) in [6.07, 6.45) is 1.35. The molecule has 0 aliphatic rings.